The van der Waals surface area contributed by atoms with E-state index in [9.17, 15) is 14.4 Å². The van der Waals surface area contributed by atoms with Gasteiger partial charge >= 0.3 is 5.97 Å². The lowest BCUT2D eigenvalue weighted by atomic mass is 10.1. The molecule has 178 valence electrons. The Morgan fingerprint density at radius 3 is 2.47 bits per heavy atom. The number of ether oxygens (including phenoxy) is 2. The lowest BCUT2D eigenvalue weighted by Crippen LogP contribution is -2.27. The number of para-hydroxylation sites is 1. The highest BCUT2D eigenvalue weighted by Crippen LogP contribution is 2.18. The third-order valence-corrected chi connectivity index (χ3v) is 5.12. The second kappa shape index (κ2) is 11.8. The second-order valence-corrected chi connectivity index (χ2v) is 7.75. The van der Waals surface area contributed by atoms with Crippen LogP contribution in [0.25, 0.3) is 5.69 Å². The fourth-order valence-electron chi connectivity index (χ4n) is 3.34. The first-order valence-electron chi connectivity index (χ1n) is 11.3. The molecule has 3 rings (SSSR count). The normalized spacial score (nSPS) is 10.6. The van der Waals surface area contributed by atoms with Crippen molar-refractivity contribution >= 4 is 17.6 Å². The predicted molar refractivity (Wildman–Crippen MR) is 130 cm³/mol. The van der Waals surface area contributed by atoms with Gasteiger partial charge in [0.05, 0.1) is 18.4 Å². The lowest BCUT2D eigenvalue weighted by Gasteiger charge is -2.13. The van der Waals surface area contributed by atoms with Crippen molar-refractivity contribution in [3.63, 3.8) is 0 Å². The third kappa shape index (κ3) is 6.31. The number of amides is 1. The molecule has 8 nitrogen and oxygen atoms in total. The highest BCUT2D eigenvalue weighted by molar-refractivity contribution is 5.93. The van der Waals surface area contributed by atoms with Gasteiger partial charge in [-0.25, -0.2) is 4.79 Å². The maximum absolute atomic E-state index is 12.7. The predicted octanol–water partition coefficient (Wildman–Crippen LogP) is 4.08. The van der Waals surface area contributed by atoms with Crippen molar-refractivity contribution in [1.82, 2.24) is 9.78 Å². The van der Waals surface area contributed by atoms with Crippen LogP contribution in [0.1, 0.15) is 48.3 Å². The Kier molecular flexibility index (Phi) is 8.56. The summed E-state index contributed by atoms with van der Waals surface area (Å²) < 4.78 is 11.7. The van der Waals surface area contributed by atoms with Crippen LogP contribution in [0.4, 0.5) is 5.69 Å². The molecule has 0 saturated carbocycles. The number of esters is 1. The molecule has 0 aliphatic heterocycles. The van der Waals surface area contributed by atoms with Gasteiger partial charge in [-0.3, -0.25) is 9.59 Å². The number of rotatable bonds is 10. The van der Waals surface area contributed by atoms with Gasteiger partial charge in [-0.2, -0.15) is 9.78 Å². The highest BCUT2D eigenvalue weighted by atomic mass is 16.5. The van der Waals surface area contributed by atoms with Crippen molar-refractivity contribution < 1.29 is 19.1 Å². The zero-order valence-electron chi connectivity index (χ0n) is 19.7. The highest BCUT2D eigenvalue weighted by Gasteiger charge is 2.21. The van der Waals surface area contributed by atoms with Crippen molar-refractivity contribution in [3.05, 3.63) is 81.8 Å². The molecule has 0 spiro atoms. The Bertz CT molecular complexity index is 1200. The number of carbonyl (C=O) groups excluding carboxylic acids is 2. The van der Waals surface area contributed by atoms with Crippen molar-refractivity contribution in [2.75, 3.05) is 18.5 Å². The molecule has 1 amide bonds. The molecule has 0 atom stereocenters. The van der Waals surface area contributed by atoms with Gasteiger partial charge in [0.15, 0.2) is 12.4 Å². The molecule has 0 saturated heterocycles. The molecule has 2 aromatic carbocycles. The Hall–Kier alpha value is -3.94. The van der Waals surface area contributed by atoms with Gasteiger partial charge in [0, 0.05) is 5.69 Å². The monoisotopic (exact) mass is 463 g/mol. The van der Waals surface area contributed by atoms with Crippen LogP contribution in [-0.4, -0.2) is 34.9 Å². The maximum atomic E-state index is 12.7. The molecule has 0 unspecified atom stereocenters. The number of nitrogens with one attached hydrogen (secondary N) is 1. The van der Waals surface area contributed by atoms with E-state index in [0.717, 1.165) is 35.6 Å². The zero-order chi connectivity index (χ0) is 24.5. The van der Waals surface area contributed by atoms with Crippen molar-refractivity contribution in [3.8, 4) is 11.4 Å². The summed E-state index contributed by atoms with van der Waals surface area (Å²) in [6, 6.07) is 15.9. The fourth-order valence-corrected chi connectivity index (χ4v) is 3.34. The van der Waals surface area contributed by atoms with Crippen molar-refractivity contribution in [2.24, 2.45) is 0 Å². The standard InChI is InChI=1S/C26H29N3O5/c1-4-6-10-19-12-14-20(15-13-19)27-23(30)17-34-22-16-24(31)29(21-11-8-7-9-18(21)3)28-25(22)26(32)33-5-2/h7-9,11-16H,4-6,10,17H2,1-3H3,(H,27,30). The average Bonchev–Trinajstić information content (AvgIpc) is 2.83. The number of benzene rings is 2. The molecule has 1 heterocycles. The number of nitrogens with zero attached hydrogens (tertiary/aromatic N) is 2. The van der Waals surface area contributed by atoms with Crippen LogP contribution in [0.3, 0.4) is 0 Å². The number of aryl methyl sites for hydroxylation is 2. The molecule has 1 aromatic heterocycles. The van der Waals surface area contributed by atoms with Crippen LogP contribution in [0.5, 0.6) is 5.75 Å². The van der Waals surface area contributed by atoms with Gasteiger partial charge in [-0.15, -0.1) is 0 Å². The zero-order valence-corrected chi connectivity index (χ0v) is 19.7. The van der Waals surface area contributed by atoms with Crippen LogP contribution < -0.4 is 15.6 Å². The number of hydrogen-bond donors (Lipinski definition) is 1. The number of hydrogen-bond acceptors (Lipinski definition) is 6. The number of aromatic nitrogens is 2. The van der Waals surface area contributed by atoms with E-state index in [1.165, 1.54) is 5.56 Å². The van der Waals surface area contributed by atoms with E-state index in [0.29, 0.717) is 11.4 Å². The lowest BCUT2D eigenvalue weighted by molar-refractivity contribution is -0.118. The molecule has 1 N–H and O–H groups in total. The van der Waals surface area contributed by atoms with Gasteiger partial charge in [0.2, 0.25) is 5.69 Å². The molecule has 0 aliphatic carbocycles. The number of anilines is 1. The SMILES string of the molecule is CCCCc1ccc(NC(=O)COc2cc(=O)n(-c3ccccc3C)nc2C(=O)OCC)cc1. The Balaban J connectivity index is 1.77. The summed E-state index contributed by atoms with van der Waals surface area (Å²) >= 11 is 0. The van der Waals surface area contributed by atoms with E-state index in [1.54, 1.807) is 19.1 Å². The summed E-state index contributed by atoms with van der Waals surface area (Å²) in [4.78, 5) is 37.7. The van der Waals surface area contributed by atoms with E-state index in [2.05, 4.69) is 17.3 Å². The summed E-state index contributed by atoms with van der Waals surface area (Å²) in [6.07, 6.45) is 3.22. The van der Waals surface area contributed by atoms with E-state index in [1.807, 2.05) is 43.3 Å². The third-order valence-electron chi connectivity index (χ3n) is 5.12. The van der Waals surface area contributed by atoms with Crippen LogP contribution in [0, 0.1) is 6.92 Å². The maximum Gasteiger partial charge on any atom is 0.362 e. The first kappa shape index (κ1) is 24.7. The quantitative estimate of drug-likeness (QED) is 0.455. The van der Waals surface area contributed by atoms with Crippen LogP contribution >= 0.6 is 0 Å². The largest absolute Gasteiger partial charge is 0.481 e. The summed E-state index contributed by atoms with van der Waals surface area (Å²) in [7, 11) is 0. The van der Waals surface area contributed by atoms with E-state index >= 15 is 0 Å². The Labute approximate surface area is 198 Å². The second-order valence-electron chi connectivity index (χ2n) is 7.75. The molecule has 34 heavy (non-hydrogen) atoms. The molecule has 0 bridgehead atoms. The minimum Gasteiger partial charge on any atom is -0.481 e. The minimum atomic E-state index is -0.747. The average molecular weight is 464 g/mol. The van der Waals surface area contributed by atoms with Gasteiger partial charge in [0.1, 0.15) is 0 Å². The molecule has 0 aliphatic rings. The fraction of sp³-hybridized carbons (Fsp3) is 0.308. The summed E-state index contributed by atoms with van der Waals surface area (Å²) in [5, 5.41) is 6.94. The molecule has 0 fully saturated rings. The Morgan fingerprint density at radius 2 is 1.79 bits per heavy atom. The van der Waals surface area contributed by atoms with Gasteiger partial charge in [-0.05, 0) is 56.0 Å². The molecule has 3 aromatic rings. The van der Waals surface area contributed by atoms with Gasteiger partial charge in [-0.1, -0.05) is 43.7 Å². The minimum absolute atomic E-state index is 0.113. The van der Waals surface area contributed by atoms with Crippen LogP contribution in [-0.2, 0) is 16.0 Å². The molecular weight excluding hydrogens is 434 g/mol. The van der Waals surface area contributed by atoms with Crippen LogP contribution in [0.15, 0.2) is 59.4 Å². The van der Waals surface area contributed by atoms with Gasteiger partial charge < -0.3 is 14.8 Å². The molecular formula is C26H29N3O5. The Morgan fingerprint density at radius 1 is 1.06 bits per heavy atom. The van der Waals surface area contributed by atoms with E-state index in [4.69, 9.17) is 9.47 Å². The number of unbranched alkanes of at least 4 members (excludes halogenated alkanes) is 1. The van der Waals surface area contributed by atoms with Crippen LogP contribution in [0.2, 0.25) is 0 Å². The smallest absolute Gasteiger partial charge is 0.362 e. The summed E-state index contributed by atoms with van der Waals surface area (Å²) in [5.41, 5.74) is 2.49. The summed E-state index contributed by atoms with van der Waals surface area (Å²) in [6.45, 7) is 5.36. The van der Waals surface area contributed by atoms with E-state index < -0.39 is 24.0 Å². The topological polar surface area (TPSA) is 99.5 Å². The van der Waals surface area contributed by atoms with Crippen molar-refractivity contribution in [1.29, 1.82) is 0 Å². The molecule has 8 heteroatoms. The van der Waals surface area contributed by atoms with Crippen molar-refractivity contribution in [2.45, 2.75) is 40.0 Å². The van der Waals surface area contributed by atoms with Gasteiger partial charge in [0.25, 0.3) is 11.5 Å². The van der Waals surface area contributed by atoms with E-state index in [-0.39, 0.29) is 18.1 Å². The summed E-state index contributed by atoms with van der Waals surface area (Å²) in [5.74, 6) is -1.29. The first-order valence-corrected chi connectivity index (χ1v) is 11.3. The number of carbonyl (C=O) groups is 2. The molecule has 0 radical (unpaired) electrons. The first-order chi connectivity index (χ1) is 16.4.